The summed E-state index contributed by atoms with van der Waals surface area (Å²) in [6.45, 7) is 2.06. The Kier molecular flexibility index (Phi) is 4.73. The molecule has 1 heterocycles. The molecule has 0 spiro atoms. The zero-order valence-corrected chi connectivity index (χ0v) is 15.6. The molecule has 2 atom stereocenters. The summed E-state index contributed by atoms with van der Waals surface area (Å²) in [6.07, 6.45) is 2.70. The molecule has 0 bridgehead atoms. The highest BCUT2D eigenvalue weighted by atomic mass is 32.1. The van der Waals surface area contributed by atoms with E-state index in [0.717, 1.165) is 17.0 Å². The number of carbonyl (C=O) groups is 2. The smallest absolute Gasteiger partial charge is 0.255 e. The van der Waals surface area contributed by atoms with Crippen LogP contribution in [0.2, 0.25) is 0 Å². The Hall–Kier alpha value is -2.99. The predicted molar refractivity (Wildman–Crippen MR) is 108 cm³/mol. The van der Waals surface area contributed by atoms with Gasteiger partial charge in [0.25, 0.3) is 5.91 Å². The van der Waals surface area contributed by atoms with Crippen molar-refractivity contribution in [1.82, 2.24) is 4.98 Å². The summed E-state index contributed by atoms with van der Waals surface area (Å²) < 4.78 is 0. The van der Waals surface area contributed by atoms with Crippen LogP contribution in [-0.2, 0) is 4.79 Å². The average Bonchev–Trinajstić information content (AvgIpc) is 3.17. The van der Waals surface area contributed by atoms with Crippen LogP contribution >= 0.6 is 11.3 Å². The molecule has 0 saturated heterocycles. The maximum absolute atomic E-state index is 12.5. The molecule has 3 aromatic rings. The quantitative estimate of drug-likeness (QED) is 0.679. The van der Waals surface area contributed by atoms with E-state index in [1.807, 2.05) is 29.6 Å². The molecule has 4 rings (SSSR count). The first-order valence-electron chi connectivity index (χ1n) is 8.82. The minimum atomic E-state index is -0.215. The number of nitrogens with zero attached hydrogens (tertiary/aromatic N) is 1. The van der Waals surface area contributed by atoms with Crippen LogP contribution in [0.1, 0.15) is 23.7 Å². The fraction of sp³-hybridized carbons (Fsp3) is 0.190. The fourth-order valence-electron chi connectivity index (χ4n) is 2.93. The van der Waals surface area contributed by atoms with Crippen LogP contribution in [0, 0.1) is 11.8 Å². The zero-order valence-electron chi connectivity index (χ0n) is 14.8. The van der Waals surface area contributed by atoms with Crippen molar-refractivity contribution in [2.75, 3.05) is 10.6 Å². The Morgan fingerprint density at radius 3 is 2.52 bits per heavy atom. The number of benzene rings is 2. The predicted octanol–water partition coefficient (Wildman–Crippen LogP) is 4.66. The molecule has 2 unspecified atom stereocenters. The third-order valence-corrected chi connectivity index (χ3v) is 5.48. The lowest BCUT2D eigenvalue weighted by Crippen LogP contribution is -2.16. The molecule has 0 radical (unpaired) electrons. The lowest BCUT2D eigenvalue weighted by molar-refractivity contribution is -0.117. The lowest BCUT2D eigenvalue weighted by atomic mass is 10.1. The molecular weight excluding hydrogens is 358 g/mol. The van der Waals surface area contributed by atoms with E-state index in [4.69, 9.17) is 0 Å². The third-order valence-electron chi connectivity index (χ3n) is 4.66. The highest BCUT2D eigenvalue weighted by Gasteiger charge is 2.39. The van der Waals surface area contributed by atoms with Gasteiger partial charge in [-0.25, -0.2) is 4.98 Å². The standard InChI is InChI=1S/C21H19N3O2S/c1-13-11-18(13)20(26)24-17-4-2-3-15(12-17)19(25)23-16-7-5-14(6-8-16)21-22-9-10-27-21/h2-10,12-13,18H,11H2,1H3,(H,23,25)(H,24,26). The van der Waals surface area contributed by atoms with E-state index in [9.17, 15) is 9.59 Å². The van der Waals surface area contributed by atoms with E-state index in [0.29, 0.717) is 22.9 Å². The molecule has 1 aliphatic carbocycles. The molecule has 1 saturated carbocycles. The number of amides is 2. The summed E-state index contributed by atoms with van der Waals surface area (Å²) >= 11 is 1.57. The van der Waals surface area contributed by atoms with E-state index in [2.05, 4.69) is 22.5 Å². The number of aromatic nitrogens is 1. The second-order valence-corrected chi connectivity index (χ2v) is 7.65. The molecule has 27 heavy (non-hydrogen) atoms. The van der Waals surface area contributed by atoms with Crippen molar-refractivity contribution < 1.29 is 9.59 Å². The molecule has 136 valence electrons. The average molecular weight is 377 g/mol. The van der Waals surface area contributed by atoms with Crippen LogP contribution in [0.25, 0.3) is 10.6 Å². The fourth-order valence-corrected chi connectivity index (χ4v) is 3.57. The van der Waals surface area contributed by atoms with Gasteiger partial charge in [-0.1, -0.05) is 13.0 Å². The van der Waals surface area contributed by atoms with Crippen molar-refractivity contribution in [1.29, 1.82) is 0 Å². The SMILES string of the molecule is CC1CC1C(=O)Nc1cccc(C(=O)Nc2ccc(-c3nccs3)cc2)c1. The summed E-state index contributed by atoms with van der Waals surface area (Å²) in [7, 11) is 0. The van der Waals surface area contributed by atoms with Gasteiger partial charge in [0.15, 0.2) is 0 Å². The molecule has 1 fully saturated rings. The van der Waals surface area contributed by atoms with E-state index < -0.39 is 0 Å². The van der Waals surface area contributed by atoms with Crippen molar-refractivity contribution >= 4 is 34.5 Å². The Balaban J connectivity index is 1.42. The van der Waals surface area contributed by atoms with Gasteiger partial charge in [-0.2, -0.15) is 0 Å². The van der Waals surface area contributed by atoms with Gasteiger partial charge < -0.3 is 10.6 Å². The van der Waals surface area contributed by atoms with Crippen molar-refractivity contribution in [3.63, 3.8) is 0 Å². The Morgan fingerprint density at radius 1 is 1.07 bits per heavy atom. The number of nitrogens with one attached hydrogen (secondary N) is 2. The molecule has 2 N–H and O–H groups in total. The summed E-state index contributed by atoms with van der Waals surface area (Å²) in [6, 6.07) is 14.6. The van der Waals surface area contributed by atoms with Crippen LogP contribution < -0.4 is 10.6 Å². The Morgan fingerprint density at radius 2 is 1.85 bits per heavy atom. The molecule has 1 aliphatic rings. The largest absolute Gasteiger partial charge is 0.326 e. The van der Waals surface area contributed by atoms with Gasteiger partial charge >= 0.3 is 0 Å². The topological polar surface area (TPSA) is 71.1 Å². The van der Waals surface area contributed by atoms with Crippen molar-refractivity contribution in [2.24, 2.45) is 11.8 Å². The first kappa shape index (κ1) is 17.4. The number of hydrogen-bond acceptors (Lipinski definition) is 4. The van der Waals surface area contributed by atoms with Gasteiger partial charge in [0, 0.05) is 40.0 Å². The summed E-state index contributed by atoms with van der Waals surface area (Å²) in [5.41, 5.74) is 2.87. The van der Waals surface area contributed by atoms with E-state index in [1.165, 1.54) is 0 Å². The number of rotatable bonds is 5. The van der Waals surface area contributed by atoms with Crippen molar-refractivity contribution in [3.8, 4) is 10.6 Å². The van der Waals surface area contributed by atoms with Gasteiger partial charge in [-0.05, 0) is 54.8 Å². The zero-order chi connectivity index (χ0) is 18.8. The van der Waals surface area contributed by atoms with E-state index in [-0.39, 0.29) is 17.7 Å². The van der Waals surface area contributed by atoms with Crippen molar-refractivity contribution in [3.05, 3.63) is 65.7 Å². The van der Waals surface area contributed by atoms with Crippen LogP contribution in [0.5, 0.6) is 0 Å². The van der Waals surface area contributed by atoms with Gasteiger partial charge in [-0.15, -0.1) is 11.3 Å². The maximum Gasteiger partial charge on any atom is 0.255 e. The van der Waals surface area contributed by atoms with Crippen LogP contribution in [0.3, 0.4) is 0 Å². The maximum atomic E-state index is 12.5. The van der Waals surface area contributed by atoms with Gasteiger partial charge in [0.1, 0.15) is 5.01 Å². The number of hydrogen-bond donors (Lipinski definition) is 2. The van der Waals surface area contributed by atoms with Crippen LogP contribution in [-0.4, -0.2) is 16.8 Å². The summed E-state index contributed by atoms with van der Waals surface area (Å²) in [5.74, 6) is 0.355. The van der Waals surface area contributed by atoms with Gasteiger partial charge in [0.05, 0.1) is 0 Å². The molecule has 5 nitrogen and oxygen atoms in total. The first-order valence-corrected chi connectivity index (χ1v) is 9.70. The molecule has 1 aromatic heterocycles. The highest BCUT2D eigenvalue weighted by molar-refractivity contribution is 7.13. The van der Waals surface area contributed by atoms with E-state index >= 15 is 0 Å². The molecule has 2 aromatic carbocycles. The van der Waals surface area contributed by atoms with Gasteiger partial charge in [0.2, 0.25) is 5.91 Å². The van der Waals surface area contributed by atoms with E-state index in [1.54, 1.807) is 41.8 Å². The monoisotopic (exact) mass is 377 g/mol. The second kappa shape index (κ2) is 7.32. The first-order chi connectivity index (χ1) is 13.1. The minimum absolute atomic E-state index is 0.0258. The van der Waals surface area contributed by atoms with Gasteiger partial charge in [-0.3, -0.25) is 9.59 Å². The van der Waals surface area contributed by atoms with Crippen LogP contribution in [0.4, 0.5) is 11.4 Å². The van der Waals surface area contributed by atoms with Crippen molar-refractivity contribution in [2.45, 2.75) is 13.3 Å². The number of anilines is 2. The molecular formula is C21H19N3O2S. The Bertz CT molecular complexity index is 967. The Labute approximate surface area is 161 Å². The normalized spacial score (nSPS) is 18.0. The molecule has 6 heteroatoms. The molecule has 0 aliphatic heterocycles. The summed E-state index contributed by atoms with van der Waals surface area (Å²) in [5, 5.41) is 8.65. The minimum Gasteiger partial charge on any atom is -0.326 e. The number of thiazole rings is 1. The lowest BCUT2D eigenvalue weighted by Gasteiger charge is -2.09. The second-order valence-electron chi connectivity index (χ2n) is 6.76. The summed E-state index contributed by atoms with van der Waals surface area (Å²) in [4.78, 5) is 28.9. The highest BCUT2D eigenvalue weighted by Crippen LogP contribution is 2.38. The molecule has 2 amide bonds. The van der Waals surface area contributed by atoms with Crippen LogP contribution in [0.15, 0.2) is 60.1 Å². The number of carbonyl (C=O) groups excluding carboxylic acids is 2. The third kappa shape index (κ3) is 4.06.